The lowest BCUT2D eigenvalue weighted by Crippen LogP contribution is -2.44. The molecule has 0 aromatic heterocycles. The third-order valence-corrected chi connectivity index (χ3v) is 4.76. The minimum absolute atomic E-state index is 0.448. The second-order valence-electron chi connectivity index (χ2n) is 7.04. The van der Waals surface area contributed by atoms with Gasteiger partial charge in [0.1, 0.15) is 0 Å². The van der Waals surface area contributed by atoms with Crippen molar-refractivity contribution >= 4 is 11.6 Å². The topological polar surface area (TPSA) is 48.9 Å². The molecule has 2 N–H and O–H groups in total. The fourth-order valence-electron chi connectivity index (χ4n) is 3.16. The Morgan fingerprint density at radius 1 is 1.24 bits per heavy atom. The molecular weight excluding hydrogens is 312 g/mol. The van der Waals surface area contributed by atoms with Gasteiger partial charge in [0.2, 0.25) is 0 Å². The van der Waals surface area contributed by atoms with Gasteiger partial charge in [-0.05, 0) is 50.7 Å². The standard InChI is InChI=1S/C20H32N4O/c1-2-21-20(22-12-6-14-25-16-17-9-10-17)23-18-11-13-24(15-18)19-7-4-3-5-8-19/h3-5,7-8,17-18H,2,6,9-16H2,1H3,(H2,21,22,23). The smallest absolute Gasteiger partial charge is 0.191 e. The normalized spacial score (nSPS) is 20.8. The Hall–Kier alpha value is -1.75. The van der Waals surface area contributed by atoms with E-state index in [1.165, 1.54) is 18.5 Å². The van der Waals surface area contributed by atoms with Gasteiger partial charge in [-0.1, -0.05) is 18.2 Å². The van der Waals surface area contributed by atoms with Gasteiger partial charge in [0.05, 0.1) is 0 Å². The average molecular weight is 345 g/mol. The Balaban J connectivity index is 1.39. The molecule has 1 aromatic rings. The summed E-state index contributed by atoms with van der Waals surface area (Å²) >= 11 is 0. The van der Waals surface area contributed by atoms with E-state index < -0.39 is 0 Å². The van der Waals surface area contributed by atoms with Crippen LogP contribution in [-0.4, -0.2) is 51.4 Å². The molecule has 138 valence electrons. The predicted octanol–water partition coefficient (Wildman–Crippen LogP) is 2.64. The molecule has 0 spiro atoms. The van der Waals surface area contributed by atoms with E-state index >= 15 is 0 Å². The van der Waals surface area contributed by atoms with Gasteiger partial charge in [0.25, 0.3) is 0 Å². The van der Waals surface area contributed by atoms with Crippen LogP contribution in [0.5, 0.6) is 0 Å². The van der Waals surface area contributed by atoms with Gasteiger partial charge in [-0.2, -0.15) is 0 Å². The predicted molar refractivity (Wildman–Crippen MR) is 104 cm³/mol. The second-order valence-corrected chi connectivity index (χ2v) is 7.04. The lowest BCUT2D eigenvalue weighted by atomic mass is 10.3. The number of nitrogens with zero attached hydrogens (tertiary/aromatic N) is 2. The first-order chi connectivity index (χ1) is 12.3. The number of guanidine groups is 1. The molecule has 2 aliphatic rings. The quantitative estimate of drug-likeness (QED) is 0.411. The SMILES string of the molecule is CCNC(=NCCCOCC1CC1)NC1CCN(c2ccccc2)C1. The molecule has 5 nitrogen and oxygen atoms in total. The highest BCUT2D eigenvalue weighted by Gasteiger charge is 2.23. The first kappa shape index (κ1) is 18.1. The lowest BCUT2D eigenvalue weighted by Gasteiger charge is -2.20. The van der Waals surface area contributed by atoms with E-state index in [1.54, 1.807) is 0 Å². The van der Waals surface area contributed by atoms with Crippen molar-refractivity contribution in [2.24, 2.45) is 10.9 Å². The number of nitrogens with one attached hydrogen (secondary N) is 2. The molecule has 1 aliphatic heterocycles. The van der Waals surface area contributed by atoms with E-state index in [1.807, 2.05) is 0 Å². The van der Waals surface area contributed by atoms with Crippen molar-refractivity contribution in [3.8, 4) is 0 Å². The van der Waals surface area contributed by atoms with Gasteiger partial charge in [0, 0.05) is 51.1 Å². The van der Waals surface area contributed by atoms with Gasteiger partial charge in [-0.15, -0.1) is 0 Å². The zero-order valence-electron chi connectivity index (χ0n) is 15.4. The first-order valence-corrected chi connectivity index (χ1v) is 9.77. The molecule has 1 aromatic carbocycles. The molecule has 1 saturated carbocycles. The van der Waals surface area contributed by atoms with Gasteiger partial charge >= 0.3 is 0 Å². The van der Waals surface area contributed by atoms with Crippen molar-refractivity contribution in [2.45, 2.75) is 38.6 Å². The Kier molecular flexibility index (Phi) is 6.98. The number of rotatable bonds is 9. The Morgan fingerprint density at radius 2 is 2.08 bits per heavy atom. The molecule has 1 aliphatic carbocycles. The fraction of sp³-hybridized carbons (Fsp3) is 0.650. The van der Waals surface area contributed by atoms with Crippen LogP contribution in [0.25, 0.3) is 0 Å². The van der Waals surface area contributed by atoms with E-state index in [-0.39, 0.29) is 0 Å². The number of aliphatic imine (C=N–C) groups is 1. The Morgan fingerprint density at radius 3 is 2.84 bits per heavy atom. The lowest BCUT2D eigenvalue weighted by molar-refractivity contribution is 0.123. The summed E-state index contributed by atoms with van der Waals surface area (Å²) < 4.78 is 5.68. The zero-order valence-corrected chi connectivity index (χ0v) is 15.4. The summed E-state index contributed by atoms with van der Waals surface area (Å²) in [6.45, 7) is 7.70. The molecule has 1 heterocycles. The summed E-state index contributed by atoms with van der Waals surface area (Å²) in [5.74, 6) is 1.78. The third kappa shape index (κ3) is 6.24. The highest BCUT2D eigenvalue weighted by atomic mass is 16.5. The van der Waals surface area contributed by atoms with E-state index in [2.05, 4.69) is 52.8 Å². The molecule has 1 atom stereocenters. The highest BCUT2D eigenvalue weighted by Crippen LogP contribution is 2.28. The molecule has 1 unspecified atom stereocenters. The first-order valence-electron chi connectivity index (χ1n) is 9.77. The summed E-state index contributed by atoms with van der Waals surface area (Å²) in [7, 11) is 0. The molecule has 1 saturated heterocycles. The van der Waals surface area contributed by atoms with E-state index in [0.29, 0.717) is 6.04 Å². The van der Waals surface area contributed by atoms with Crippen molar-refractivity contribution in [3.05, 3.63) is 30.3 Å². The highest BCUT2D eigenvalue weighted by molar-refractivity contribution is 5.80. The van der Waals surface area contributed by atoms with E-state index in [0.717, 1.165) is 64.1 Å². The minimum atomic E-state index is 0.448. The summed E-state index contributed by atoms with van der Waals surface area (Å²) in [5.41, 5.74) is 1.31. The van der Waals surface area contributed by atoms with Crippen LogP contribution in [0.2, 0.25) is 0 Å². The van der Waals surface area contributed by atoms with Crippen LogP contribution in [0.15, 0.2) is 35.3 Å². The maximum absolute atomic E-state index is 5.68. The molecule has 0 amide bonds. The monoisotopic (exact) mass is 344 g/mol. The van der Waals surface area contributed by atoms with Crippen LogP contribution in [0.1, 0.15) is 32.6 Å². The second kappa shape index (κ2) is 9.66. The molecule has 25 heavy (non-hydrogen) atoms. The molecule has 0 bridgehead atoms. The number of hydrogen-bond donors (Lipinski definition) is 2. The number of benzene rings is 1. The Bertz CT molecular complexity index is 530. The molecule has 3 rings (SSSR count). The molecule has 2 fully saturated rings. The fourth-order valence-corrected chi connectivity index (χ4v) is 3.16. The van der Waals surface area contributed by atoms with Crippen molar-refractivity contribution < 1.29 is 4.74 Å². The van der Waals surface area contributed by atoms with Crippen molar-refractivity contribution in [1.82, 2.24) is 10.6 Å². The van der Waals surface area contributed by atoms with Crippen LogP contribution in [0.3, 0.4) is 0 Å². The summed E-state index contributed by atoms with van der Waals surface area (Å²) in [4.78, 5) is 7.14. The number of ether oxygens (including phenoxy) is 1. The van der Waals surface area contributed by atoms with Gasteiger partial charge in [0.15, 0.2) is 5.96 Å². The van der Waals surface area contributed by atoms with Crippen LogP contribution in [-0.2, 0) is 4.74 Å². The maximum Gasteiger partial charge on any atom is 0.191 e. The van der Waals surface area contributed by atoms with Crippen molar-refractivity contribution in [2.75, 3.05) is 44.3 Å². The van der Waals surface area contributed by atoms with Crippen molar-refractivity contribution in [1.29, 1.82) is 0 Å². The summed E-state index contributed by atoms with van der Waals surface area (Å²) in [5, 5.41) is 6.95. The minimum Gasteiger partial charge on any atom is -0.381 e. The van der Waals surface area contributed by atoms with Gasteiger partial charge in [-0.25, -0.2) is 0 Å². The van der Waals surface area contributed by atoms with E-state index in [4.69, 9.17) is 9.73 Å². The third-order valence-electron chi connectivity index (χ3n) is 4.76. The van der Waals surface area contributed by atoms with Crippen LogP contribution in [0, 0.1) is 5.92 Å². The number of anilines is 1. The zero-order chi connectivity index (χ0) is 17.3. The average Bonchev–Trinajstić information content (AvgIpc) is 3.35. The maximum atomic E-state index is 5.68. The van der Waals surface area contributed by atoms with Gasteiger partial charge < -0.3 is 20.3 Å². The van der Waals surface area contributed by atoms with Crippen LogP contribution >= 0.6 is 0 Å². The van der Waals surface area contributed by atoms with E-state index in [9.17, 15) is 0 Å². The largest absolute Gasteiger partial charge is 0.381 e. The molecule has 0 radical (unpaired) electrons. The number of para-hydroxylation sites is 1. The Labute approximate surface area is 151 Å². The molecule has 5 heteroatoms. The summed E-state index contributed by atoms with van der Waals surface area (Å²) in [6.07, 6.45) is 4.84. The summed E-state index contributed by atoms with van der Waals surface area (Å²) in [6, 6.07) is 11.1. The van der Waals surface area contributed by atoms with Crippen molar-refractivity contribution in [3.63, 3.8) is 0 Å². The van der Waals surface area contributed by atoms with Crippen LogP contribution in [0.4, 0.5) is 5.69 Å². The van der Waals surface area contributed by atoms with Crippen LogP contribution < -0.4 is 15.5 Å². The molecular formula is C20H32N4O. The number of hydrogen-bond acceptors (Lipinski definition) is 3. The van der Waals surface area contributed by atoms with Gasteiger partial charge in [-0.3, -0.25) is 4.99 Å².